The Labute approximate surface area is 158 Å². The fourth-order valence-corrected chi connectivity index (χ4v) is 2.69. The molecule has 4 heterocycles. The Morgan fingerprint density at radius 3 is 1.86 bits per heavy atom. The quantitative estimate of drug-likeness (QED) is 0.493. The molecule has 12 heteroatoms. The number of aliphatic hydroxyl groups excluding tert-OH is 2. The van der Waals surface area contributed by atoms with Gasteiger partial charge in [0.25, 0.3) is 5.69 Å². The number of hydrogen-bond acceptors (Lipinski definition) is 9. The molecule has 4 N–H and O–H groups in total. The standard InChI is InChI=1S/C8H8FN3O3.C8H10FN3O/c9-7-1-5(12(14)15)2-10-8(7)11-3-6(13)4-11;9-7-1-5(10)2-11-8(7)12-3-6(13)4-12/h1-2,6,13H,3-4H2;1-2,6,13H,3-4,10H2. The largest absolute Gasteiger partial charge is 0.397 e. The highest BCUT2D eigenvalue weighted by molar-refractivity contribution is 5.49. The Bertz CT molecular complexity index is 874. The summed E-state index contributed by atoms with van der Waals surface area (Å²) in [6.45, 7) is 1.49. The summed E-state index contributed by atoms with van der Waals surface area (Å²) >= 11 is 0. The molecule has 0 radical (unpaired) electrons. The summed E-state index contributed by atoms with van der Waals surface area (Å²) in [4.78, 5) is 20.3. The molecule has 2 aliphatic rings. The van der Waals surface area contributed by atoms with E-state index in [1.165, 1.54) is 17.2 Å². The third-order valence-electron chi connectivity index (χ3n) is 4.18. The number of halogens is 2. The van der Waals surface area contributed by atoms with Gasteiger partial charge in [-0.2, -0.15) is 0 Å². The molecule has 0 aromatic carbocycles. The molecule has 0 amide bonds. The van der Waals surface area contributed by atoms with E-state index in [2.05, 4.69) is 9.97 Å². The third-order valence-corrected chi connectivity index (χ3v) is 4.18. The molecule has 0 aliphatic carbocycles. The van der Waals surface area contributed by atoms with Crippen LogP contribution in [0, 0.1) is 21.7 Å². The van der Waals surface area contributed by atoms with Crippen LogP contribution in [-0.2, 0) is 0 Å². The number of rotatable bonds is 3. The van der Waals surface area contributed by atoms with Crippen LogP contribution in [0.3, 0.4) is 0 Å². The number of anilines is 3. The van der Waals surface area contributed by atoms with Crippen LogP contribution in [0.15, 0.2) is 24.5 Å². The van der Waals surface area contributed by atoms with Crippen LogP contribution in [0.1, 0.15) is 0 Å². The van der Waals surface area contributed by atoms with Crippen LogP contribution in [0.4, 0.5) is 31.8 Å². The zero-order valence-electron chi connectivity index (χ0n) is 14.6. The second-order valence-corrected chi connectivity index (χ2v) is 6.45. The number of nitro groups is 1. The lowest BCUT2D eigenvalue weighted by molar-refractivity contribution is -0.385. The van der Waals surface area contributed by atoms with E-state index in [-0.39, 0.29) is 23.4 Å². The van der Waals surface area contributed by atoms with Crippen molar-refractivity contribution in [2.75, 3.05) is 41.7 Å². The normalized spacial score (nSPS) is 16.7. The van der Waals surface area contributed by atoms with Gasteiger partial charge in [-0.25, -0.2) is 18.7 Å². The van der Waals surface area contributed by atoms with Crippen molar-refractivity contribution in [1.82, 2.24) is 9.97 Å². The molecule has 2 fully saturated rings. The molecule has 0 atom stereocenters. The van der Waals surface area contributed by atoms with Gasteiger partial charge in [0, 0.05) is 32.2 Å². The van der Waals surface area contributed by atoms with Gasteiger partial charge in [-0.1, -0.05) is 0 Å². The lowest BCUT2D eigenvalue weighted by atomic mass is 10.1. The van der Waals surface area contributed by atoms with Crippen LogP contribution in [0.5, 0.6) is 0 Å². The fraction of sp³-hybridized carbons (Fsp3) is 0.375. The molecule has 0 saturated carbocycles. The zero-order valence-corrected chi connectivity index (χ0v) is 14.6. The zero-order chi connectivity index (χ0) is 20.4. The first-order chi connectivity index (χ1) is 13.2. The second kappa shape index (κ2) is 7.86. The van der Waals surface area contributed by atoms with Crippen molar-refractivity contribution >= 4 is 23.0 Å². The summed E-state index contributed by atoms with van der Waals surface area (Å²) in [5, 5.41) is 28.3. The average molecular weight is 396 g/mol. The molecule has 0 spiro atoms. The molecule has 2 saturated heterocycles. The highest BCUT2D eigenvalue weighted by Gasteiger charge is 2.29. The lowest BCUT2D eigenvalue weighted by Crippen LogP contribution is -2.51. The van der Waals surface area contributed by atoms with Crippen molar-refractivity contribution < 1.29 is 23.9 Å². The first-order valence-electron chi connectivity index (χ1n) is 8.31. The van der Waals surface area contributed by atoms with Gasteiger partial charge in [0.15, 0.2) is 23.3 Å². The minimum Gasteiger partial charge on any atom is -0.397 e. The van der Waals surface area contributed by atoms with Gasteiger partial charge in [0.05, 0.1) is 35.1 Å². The van der Waals surface area contributed by atoms with Crippen LogP contribution in [-0.4, -0.2) is 63.5 Å². The van der Waals surface area contributed by atoms with Gasteiger partial charge in [-0.15, -0.1) is 0 Å². The highest BCUT2D eigenvalue weighted by atomic mass is 19.1. The summed E-state index contributed by atoms with van der Waals surface area (Å²) in [6, 6.07) is 2.06. The van der Waals surface area contributed by atoms with Gasteiger partial charge < -0.3 is 25.7 Å². The van der Waals surface area contributed by atoms with Gasteiger partial charge in [0.2, 0.25) is 0 Å². The molecular weight excluding hydrogens is 378 g/mol. The molecule has 2 aliphatic heterocycles. The van der Waals surface area contributed by atoms with E-state index in [4.69, 9.17) is 15.9 Å². The van der Waals surface area contributed by atoms with Gasteiger partial charge >= 0.3 is 0 Å². The summed E-state index contributed by atoms with van der Waals surface area (Å²) in [6.07, 6.45) is 1.58. The van der Waals surface area contributed by atoms with Gasteiger partial charge in [-0.3, -0.25) is 10.1 Å². The number of aliphatic hydroxyl groups is 2. The maximum atomic E-state index is 13.3. The van der Waals surface area contributed by atoms with Crippen LogP contribution < -0.4 is 15.5 Å². The molecular formula is C16H18F2N6O4. The average Bonchev–Trinajstić information content (AvgIpc) is 2.58. The predicted octanol–water partition coefficient (Wildman–Crippen LogP) is 0.294. The monoisotopic (exact) mass is 396 g/mol. The number of β-amino-alcohol motifs (C(OH)–C–C–N with tert-alkyl or cyclic N) is 2. The van der Waals surface area contributed by atoms with E-state index < -0.39 is 22.7 Å². The number of nitrogens with zero attached hydrogens (tertiary/aromatic N) is 5. The third kappa shape index (κ3) is 4.23. The summed E-state index contributed by atoms with van der Waals surface area (Å²) in [5.41, 5.74) is 5.27. The SMILES string of the molecule is Nc1cnc(N2CC(O)C2)c(F)c1.O=[N+]([O-])c1cnc(N2CC(O)C2)c(F)c1. The minimum absolute atomic E-state index is 0.0471. The summed E-state index contributed by atoms with van der Waals surface area (Å²) < 4.78 is 26.5. The number of nitrogen functional groups attached to an aromatic ring is 1. The van der Waals surface area contributed by atoms with Crippen molar-refractivity contribution in [2.24, 2.45) is 0 Å². The van der Waals surface area contributed by atoms with Crippen molar-refractivity contribution in [2.45, 2.75) is 12.2 Å². The van der Waals surface area contributed by atoms with Crippen molar-refractivity contribution in [3.63, 3.8) is 0 Å². The van der Waals surface area contributed by atoms with Gasteiger partial charge in [-0.05, 0) is 0 Å². The molecule has 0 unspecified atom stereocenters. The van der Waals surface area contributed by atoms with Crippen LogP contribution >= 0.6 is 0 Å². The molecule has 28 heavy (non-hydrogen) atoms. The second-order valence-electron chi connectivity index (χ2n) is 6.45. The molecule has 10 nitrogen and oxygen atoms in total. The Balaban J connectivity index is 0.000000162. The minimum atomic E-state index is -0.740. The van der Waals surface area contributed by atoms with E-state index in [1.807, 2.05) is 0 Å². The lowest BCUT2D eigenvalue weighted by Gasteiger charge is -2.36. The smallest absolute Gasteiger partial charge is 0.290 e. The fourth-order valence-electron chi connectivity index (χ4n) is 2.69. The first-order valence-corrected chi connectivity index (χ1v) is 8.31. The van der Waals surface area contributed by atoms with Crippen molar-refractivity contribution in [1.29, 1.82) is 0 Å². The van der Waals surface area contributed by atoms with E-state index >= 15 is 0 Å². The van der Waals surface area contributed by atoms with E-state index in [9.17, 15) is 18.9 Å². The molecule has 0 bridgehead atoms. The highest BCUT2D eigenvalue weighted by Crippen LogP contribution is 2.24. The van der Waals surface area contributed by atoms with E-state index in [1.54, 1.807) is 4.90 Å². The number of nitrogens with two attached hydrogens (primary N) is 1. The summed E-state index contributed by atoms with van der Waals surface area (Å²) in [5.74, 6) is -0.867. The number of pyridine rings is 2. The number of hydrogen-bond donors (Lipinski definition) is 3. The molecule has 4 rings (SSSR count). The van der Waals surface area contributed by atoms with Crippen LogP contribution in [0.2, 0.25) is 0 Å². The Morgan fingerprint density at radius 1 is 1.00 bits per heavy atom. The molecule has 150 valence electrons. The Hall–Kier alpha value is -3.12. The van der Waals surface area contributed by atoms with E-state index in [0.29, 0.717) is 31.9 Å². The number of aromatic nitrogens is 2. The Kier molecular flexibility index (Phi) is 5.51. The topological polar surface area (TPSA) is 142 Å². The van der Waals surface area contributed by atoms with Crippen molar-refractivity contribution in [3.8, 4) is 0 Å². The maximum absolute atomic E-state index is 13.3. The Morgan fingerprint density at radius 2 is 1.46 bits per heavy atom. The van der Waals surface area contributed by atoms with Gasteiger partial charge in [0.1, 0.15) is 6.20 Å². The maximum Gasteiger partial charge on any atom is 0.290 e. The van der Waals surface area contributed by atoms with Crippen LogP contribution in [0.25, 0.3) is 0 Å². The molecule has 2 aromatic heterocycles. The van der Waals surface area contributed by atoms with E-state index in [0.717, 1.165) is 12.3 Å². The first kappa shape index (κ1) is 19.6. The summed E-state index contributed by atoms with van der Waals surface area (Å²) in [7, 11) is 0. The van der Waals surface area contributed by atoms with Crippen molar-refractivity contribution in [3.05, 3.63) is 46.3 Å². The molecule has 2 aromatic rings. The predicted molar refractivity (Wildman–Crippen MR) is 95.9 cm³/mol.